The van der Waals surface area contributed by atoms with E-state index in [1.807, 2.05) is 61.5 Å². The van der Waals surface area contributed by atoms with E-state index in [9.17, 15) is 9.59 Å². The van der Waals surface area contributed by atoms with E-state index >= 15 is 0 Å². The molecule has 1 atom stereocenters. The number of likely N-dealkylation sites (tertiary alicyclic amines) is 1. The van der Waals surface area contributed by atoms with E-state index in [4.69, 9.17) is 9.15 Å². The Morgan fingerprint density at radius 2 is 1.90 bits per heavy atom. The van der Waals surface area contributed by atoms with E-state index in [1.165, 1.54) is 0 Å². The Balaban J connectivity index is 1.58. The van der Waals surface area contributed by atoms with Gasteiger partial charge in [0.15, 0.2) is 5.76 Å². The highest BCUT2D eigenvalue weighted by Crippen LogP contribution is 2.29. The van der Waals surface area contributed by atoms with Crippen molar-refractivity contribution in [3.8, 4) is 5.75 Å². The minimum atomic E-state index is -0.159. The van der Waals surface area contributed by atoms with E-state index in [2.05, 4.69) is 5.32 Å². The number of fused-ring (bicyclic) bond motifs is 1. The van der Waals surface area contributed by atoms with E-state index in [0.717, 1.165) is 29.5 Å². The summed E-state index contributed by atoms with van der Waals surface area (Å²) in [7, 11) is 0. The van der Waals surface area contributed by atoms with Crippen molar-refractivity contribution in [3.63, 3.8) is 0 Å². The molecule has 1 fully saturated rings. The Labute approximate surface area is 175 Å². The van der Waals surface area contributed by atoms with Crippen LogP contribution in [0, 0.1) is 0 Å². The van der Waals surface area contributed by atoms with Crippen LogP contribution in [0.25, 0.3) is 11.0 Å². The van der Waals surface area contributed by atoms with Crippen molar-refractivity contribution < 1.29 is 18.7 Å². The van der Waals surface area contributed by atoms with Crippen LogP contribution < -0.4 is 10.1 Å². The molecule has 2 amide bonds. The Morgan fingerprint density at radius 3 is 2.70 bits per heavy atom. The number of ether oxygens (including phenoxy) is 1. The molecule has 1 aliphatic heterocycles. The lowest BCUT2D eigenvalue weighted by molar-refractivity contribution is -0.121. The molecule has 0 saturated carbocycles. The van der Waals surface area contributed by atoms with Gasteiger partial charge in [0.25, 0.3) is 5.91 Å². The van der Waals surface area contributed by atoms with Crippen molar-refractivity contribution in [2.24, 2.45) is 0 Å². The lowest BCUT2D eigenvalue weighted by Gasteiger charge is -2.32. The third-order valence-electron chi connectivity index (χ3n) is 5.41. The number of para-hydroxylation sites is 2. The van der Waals surface area contributed by atoms with Crippen LogP contribution >= 0.6 is 0 Å². The van der Waals surface area contributed by atoms with Crippen LogP contribution in [0.4, 0.5) is 0 Å². The van der Waals surface area contributed by atoms with Crippen LogP contribution in [0.1, 0.15) is 42.3 Å². The zero-order chi connectivity index (χ0) is 20.9. The predicted molar refractivity (Wildman–Crippen MR) is 114 cm³/mol. The van der Waals surface area contributed by atoms with Gasteiger partial charge in [-0.1, -0.05) is 43.3 Å². The van der Waals surface area contributed by atoms with Gasteiger partial charge in [-0.15, -0.1) is 0 Å². The SMILES string of the molecule is CCC(=O)NC1CCCN(C(=O)c2oc3ccccc3c2COc2ccccc2)C1. The van der Waals surface area contributed by atoms with Crippen molar-refractivity contribution in [3.05, 3.63) is 65.9 Å². The van der Waals surface area contributed by atoms with E-state index in [1.54, 1.807) is 4.90 Å². The molecule has 156 valence electrons. The molecule has 0 bridgehead atoms. The molecule has 1 saturated heterocycles. The number of nitrogens with one attached hydrogen (secondary N) is 1. The minimum Gasteiger partial charge on any atom is -0.489 e. The first-order chi connectivity index (χ1) is 14.7. The zero-order valence-electron chi connectivity index (χ0n) is 17.1. The summed E-state index contributed by atoms with van der Waals surface area (Å²) in [5, 5.41) is 3.88. The van der Waals surface area contributed by atoms with Crippen molar-refractivity contribution in [2.45, 2.75) is 38.8 Å². The summed E-state index contributed by atoms with van der Waals surface area (Å²) in [5.41, 5.74) is 1.42. The van der Waals surface area contributed by atoms with Crippen molar-refractivity contribution in [1.29, 1.82) is 0 Å². The summed E-state index contributed by atoms with van der Waals surface area (Å²) < 4.78 is 11.9. The molecule has 0 radical (unpaired) electrons. The highest BCUT2D eigenvalue weighted by molar-refractivity contribution is 5.99. The number of furan rings is 1. The van der Waals surface area contributed by atoms with Gasteiger partial charge in [-0.3, -0.25) is 9.59 Å². The highest BCUT2D eigenvalue weighted by atomic mass is 16.5. The van der Waals surface area contributed by atoms with Crippen LogP contribution in [-0.2, 0) is 11.4 Å². The number of rotatable bonds is 6. The highest BCUT2D eigenvalue weighted by Gasteiger charge is 2.30. The second kappa shape index (κ2) is 9.03. The van der Waals surface area contributed by atoms with Crippen LogP contribution in [0.5, 0.6) is 5.75 Å². The fourth-order valence-electron chi connectivity index (χ4n) is 3.84. The Kier molecular flexibility index (Phi) is 6.02. The number of carbonyl (C=O) groups excluding carboxylic acids is 2. The molecule has 0 aliphatic carbocycles. The fourth-order valence-corrected chi connectivity index (χ4v) is 3.84. The quantitative estimate of drug-likeness (QED) is 0.668. The van der Waals surface area contributed by atoms with Gasteiger partial charge in [0.1, 0.15) is 17.9 Å². The lowest BCUT2D eigenvalue weighted by Crippen LogP contribution is -2.49. The molecule has 1 N–H and O–H groups in total. The predicted octanol–water partition coefficient (Wildman–Crippen LogP) is 4.14. The minimum absolute atomic E-state index is 0.00925. The molecule has 2 heterocycles. The summed E-state index contributed by atoms with van der Waals surface area (Å²) in [6, 6.07) is 17.1. The monoisotopic (exact) mass is 406 g/mol. The molecule has 30 heavy (non-hydrogen) atoms. The topological polar surface area (TPSA) is 71.8 Å². The number of nitrogens with zero attached hydrogens (tertiary/aromatic N) is 1. The molecule has 1 aromatic heterocycles. The molecule has 1 unspecified atom stereocenters. The molecule has 6 nitrogen and oxygen atoms in total. The average Bonchev–Trinajstić information content (AvgIpc) is 3.16. The largest absolute Gasteiger partial charge is 0.489 e. The van der Waals surface area contributed by atoms with Gasteiger partial charge in [-0.2, -0.15) is 0 Å². The van der Waals surface area contributed by atoms with Crippen molar-refractivity contribution >= 4 is 22.8 Å². The summed E-state index contributed by atoms with van der Waals surface area (Å²) >= 11 is 0. The Bertz CT molecular complexity index is 1030. The average molecular weight is 406 g/mol. The number of hydrogen-bond acceptors (Lipinski definition) is 4. The number of piperidine rings is 1. The van der Waals surface area contributed by atoms with Crippen LogP contribution in [0.3, 0.4) is 0 Å². The van der Waals surface area contributed by atoms with Crippen molar-refractivity contribution in [1.82, 2.24) is 10.2 Å². The third kappa shape index (κ3) is 4.32. The summed E-state index contributed by atoms with van der Waals surface area (Å²) in [6.45, 7) is 3.20. The molecule has 3 aromatic rings. The van der Waals surface area contributed by atoms with Crippen LogP contribution in [0.2, 0.25) is 0 Å². The van der Waals surface area contributed by atoms with Gasteiger partial charge < -0.3 is 19.4 Å². The van der Waals surface area contributed by atoms with Gasteiger partial charge in [-0.25, -0.2) is 0 Å². The maximum atomic E-state index is 13.4. The smallest absolute Gasteiger partial charge is 0.290 e. The Hall–Kier alpha value is -3.28. The van der Waals surface area contributed by atoms with E-state index < -0.39 is 0 Å². The first kappa shape index (κ1) is 20.0. The summed E-state index contributed by atoms with van der Waals surface area (Å²) in [4.78, 5) is 26.9. The van der Waals surface area contributed by atoms with Crippen LogP contribution in [0.15, 0.2) is 59.0 Å². The molecule has 1 aliphatic rings. The second-order valence-electron chi connectivity index (χ2n) is 7.52. The molecule has 6 heteroatoms. The molecule has 2 aromatic carbocycles. The molecule has 4 rings (SSSR count). The summed E-state index contributed by atoms with van der Waals surface area (Å²) in [6.07, 6.45) is 2.16. The number of benzene rings is 2. The normalized spacial score (nSPS) is 16.4. The van der Waals surface area contributed by atoms with Gasteiger partial charge in [0.05, 0.1) is 0 Å². The number of amides is 2. The first-order valence-corrected chi connectivity index (χ1v) is 10.4. The first-order valence-electron chi connectivity index (χ1n) is 10.4. The van der Waals surface area contributed by atoms with E-state index in [-0.39, 0.29) is 24.5 Å². The van der Waals surface area contributed by atoms with Gasteiger partial charge in [0.2, 0.25) is 5.91 Å². The maximum absolute atomic E-state index is 13.4. The van der Waals surface area contributed by atoms with Gasteiger partial charge >= 0.3 is 0 Å². The number of carbonyl (C=O) groups is 2. The zero-order valence-corrected chi connectivity index (χ0v) is 17.1. The third-order valence-corrected chi connectivity index (χ3v) is 5.41. The van der Waals surface area contributed by atoms with Crippen molar-refractivity contribution in [2.75, 3.05) is 13.1 Å². The summed E-state index contributed by atoms with van der Waals surface area (Å²) in [5.74, 6) is 0.902. The van der Waals surface area contributed by atoms with Gasteiger partial charge in [-0.05, 0) is 31.0 Å². The molecular weight excluding hydrogens is 380 g/mol. The standard InChI is InChI=1S/C24H26N2O4/c1-2-22(27)25-17-9-8-14-26(15-17)24(28)23-20(16-29-18-10-4-3-5-11-18)19-12-6-7-13-21(19)30-23/h3-7,10-13,17H,2,8-9,14-16H2,1H3,(H,25,27). The Morgan fingerprint density at radius 1 is 1.13 bits per heavy atom. The number of hydrogen-bond donors (Lipinski definition) is 1. The van der Waals surface area contributed by atoms with E-state index in [0.29, 0.717) is 30.9 Å². The lowest BCUT2D eigenvalue weighted by atomic mass is 10.0. The van der Waals surface area contributed by atoms with Gasteiger partial charge in [0, 0.05) is 36.5 Å². The molecular formula is C24H26N2O4. The fraction of sp³-hybridized carbons (Fsp3) is 0.333. The second-order valence-corrected chi connectivity index (χ2v) is 7.52. The maximum Gasteiger partial charge on any atom is 0.290 e. The van der Waals surface area contributed by atoms with Crippen LogP contribution in [-0.4, -0.2) is 35.8 Å². The molecule has 0 spiro atoms.